The maximum atomic E-state index is 12.6. The second kappa shape index (κ2) is 12.9. The summed E-state index contributed by atoms with van der Waals surface area (Å²) < 4.78 is 30.7. The van der Waals surface area contributed by atoms with Crippen LogP contribution in [0.1, 0.15) is 57.4 Å². The van der Waals surface area contributed by atoms with Crippen LogP contribution in [0.3, 0.4) is 0 Å². The average molecular weight is 578 g/mol. The Morgan fingerprint density at radius 3 is 2.41 bits per heavy atom. The van der Waals surface area contributed by atoms with E-state index in [9.17, 15) is 13.7 Å². The lowest BCUT2D eigenvalue weighted by molar-refractivity contribution is 0.0487. The fourth-order valence-corrected chi connectivity index (χ4v) is 9.45. The van der Waals surface area contributed by atoms with Crippen molar-refractivity contribution in [1.29, 1.82) is 5.26 Å². The van der Waals surface area contributed by atoms with E-state index < -0.39 is 15.3 Å². The van der Waals surface area contributed by atoms with Gasteiger partial charge in [0.2, 0.25) is 0 Å². The zero-order valence-electron chi connectivity index (χ0n) is 24.9. The van der Waals surface area contributed by atoms with Crippen LogP contribution in [0, 0.1) is 35.0 Å². The molecule has 2 aliphatic heterocycles. The third-order valence-electron chi connectivity index (χ3n) is 10.2. The molecule has 0 spiro atoms. The van der Waals surface area contributed by atoms with Gasteiger partial charge in [-0.15, -0.1) is 0 Å². The summed E-state index contributed by atoms with van der Waals surface area (Å²) in [6.07, 6.45) is 12.2. The van der Waals surface area contributed by atoms with E-state index in [1.807, 2.05) is 6.08 Å². The minimum absolute atomic E-state index is 0.214. The molecular weight excluding hydrogens is 530 g/mol. The first-order valence-corrected chi connectivity index (χ1v) is 17.1. The summed E-state index contributed by atoms with van der Waals surface area (Å²) in [7, 11) is -1.43. The summed E-state index contributed by atoms with van der Waals surface area (Å²) in [5.74, 6) is 1.76. The van der Waals surface area contributed by atoms with Crippen LogP contribution in [0.15, 0.2) is 65.7 Å². The van der Waals surface area contributed by atoms with Crippen LogP contribution >= 0.6 is 0 Å². The van der Waals surface area contributed by atoms with Gasteiger partial charge in [0, 0.05) is 45.0 Å². The van der Waals surface area contributed by atoms with Gasteiger partial charge in [0.1, 0.15) is 0 Å². The number of allylic oxidation sites excluding steroid dienone is 4. The van der Waals surface area contributed by atoms with Crippen molar-refractivity contribution in [3.63, 3.8) is 0 Å². The fraction of sp³-hybridized carbons (Fsp3) is 0.618. The molecule has 6 nitrogen and oxygen atoms in total. The maximum absolute atomic E-state index is 12.6. The number of likely N-dealkylation sites (tertiary alicyclic amines) is 2. The van der Waals surface area contributed by atoms with E-state index in [0.717, 1.165) is 83.6 Å². The average Bonchev–Trinajstić information content (AvgIpc) is 3.74. The number of piperidine rings is 1. The van der Waals surface area contributed by atoms with Crippen molar-refractivity contribution in [2.75, 3.05) is 46.4 Å². The third kappa shape index (κ3) is 6.21. The second-order valence-electron chi connectivity index (χ2n) is 12.8. The van der Waals surface area contributed by atoms with Gasteiger partial charge in [0.05, 0.1) is 21.6 Å². The van der Waals surface area contributed by atoms with Crippen molar-refractivity contribution >= 4 is 9.84 Å². The maximum Gasteiger partial charge on any atom is 0.181 e. The SMILES string of the molecule is C=C/C(=C\C=C(/C)N1CC(CN2CCC(C(C#N)(c3ccccc3)[C@@H]3CCC[C@H]3COC)CC2)C1)S(=O)(=O)C1CC1. The smallest absolute Gasteiger partial charge is 0.181 e. The van der Waals surface area contributed by atoms with Gasteiger partial charge in [-0.2, -0.15) is 5.26 Å². The van der Waals surface area contributed by atoms with Crippen LogP contribution in [-0.4, -0.2) is 69.9 Å². The first kappa shape index (κ1) is 30.1. The monoisotopic (exact) mass is 577 g/mol. The normalized spacial score (nSPS) is 26.8. The minimum Gasteiger partial charge on any atom is -0.384 e. The number of hydrogen-bond donors (Lipinski definition) is 0. The van der Waals surface area contributed by atoms with E-state index in [4.69, 9.17) is 4.74 Å². The van der Waals surface area contributed by atoms with Crippen LogP contribution < -0.4 is 0 Å². The summed E-state index contributed by atoms with van der Waals surface area (Å²) in [6, 6.07) is 13.5. The van der Waals surface area contributed by atoms with Gasteiger partial charge < -0.3 is 14.5 Å². The predicted octanol–water partition coefficient (Wildman–Crippen LogP) is 5.71. The van der Waals surface area contributed by atoms with Crippen molar-refractivity contribution < 1.29 is 13.2 Å². The molecule has 5 rings (SSSR count). The molecule has 2 aliphatic carbocycles. The Bertz CT molecular complexity index is 1270. The molecule has 4 fully saturated rings. The van der Waals surface area contributed by atoms with E-state index in [2.05, 4.69) is 59.7 Å². The van der Waals surface area contributed by atoms with Crippen LogP contribution in [0.4, 0.5) is 0 Å². The predicted molar refractivity (Wildman–Crippen MR) is 165 cm³/mol. The highest BCUT2D eigenvalue weighted by molar-refractivity contribution is 7.96. The molecule has 2 saturated heterocycles. The van der Waals surface area contributed by atoms with E-state index in [1.54, 1.807) is 13.2 Å². The molecule has 2 saturated carbocycles. The molecule has 41 heavy (non-hydrogen) atoms. The summed E-state index contributed by atoms with van der Waals surface area (Å²) in [6.45, 7) is 11.7. The molecule has 0 N–H and O–H groups in total. The molecule has 1 unspecified atom stereocenters. The molecule has 1 aromatic carbocycles. The van der Waals surface area contributed by atoms with Gasteiger partial charge in [-0.1, -0.05) is 49.4 Å². The minimum atomic E-state index is -3.22. The lowest BCUT2D eigenvalue weighted by Crippen LogP contribution is -2.53. The molecule has 222 valence electrons. The van der Waals surface area contributed by atoms with Crippen LogP contribution in [-0.2, 0) is 20.0 Å². The van der Waals surface area contributed by atoms with Gasteiger partial charge in [-0.3, -0.25) is 0 Å². The number of rotatable bonds is 12. The number of methoxy groups -OCH3 is 1. The number of nitrogens with zero attached hydrogens (tertiary/aromatic N) is 3. The lowest BCUT2D eigenvalue weighted by atomic mass is 9.58. The van der Waals surface area contributed by atoms with E-state index in [-0.39, 0.29) is 5.25 Å². The molecule has 3 atom stereocenters. The Hall–Kier alpha value is -2.40. The van der Waals surface area contributed by atoms with Crippen molar-refractivity contribution in [2.24, 2.45) is 23.7 Å². The number of sulfone groups is 1. The highest BCUT2D eigenvalue weighted by Crippen LogP contribution is 2.52. The summed E-state index contributed by atoms with van der Waals surface area (Å²) in [5.41, 5.74) is 1.85. The van der Waals surface area contributed by atoms with E-state index in [0.29, 0.717) is 28.6 Å². The van der Waals surface area contributed by atoms with Crippen molar-refractivity contribution in [3.05, 3.63) is 71.3 Å². The van der Waals surface area contributed by atoms with Crippen LogP contribution in [0.5, 0.6) is 0 Å². The number of hydrogen-bond acceptors (Lipinski definition) is 6. The first-order chi connectivity index (χ1) is 19.8. The zero-order valence-corrected chi connectivity index (χ0v) is 25.7. The Morgan fingerprint density at radius 2 is 1.80 bits per heavy atom. The molecule has 1 aromatic rings. The first-order valence-electron chi connectivity index (χ1n) is 15.5. The summed E-state index contributed by atoms with van der Waals surface area (Å²) >= 11 is 0. The van der Waals surface area contributed by atoms with Crippen molar-refractivity contribution in [1.82, 2.24) is 9.80 Å². The zero-order chi connectivity index (χ0) is 29.0. The Kier molecular flexibility index (Phi) is 9.43. The molecule has 0 radical (unpaired) electrons. The van der Waals surface area contributed by atoms with Gasteiger partial charge >= 0.3 is 0 Å². The fourth-order valence-electron chi connectivity index (χ4n) is 7.82. The Labute approximate surface area is 247 Å². The Morgan fingerprint density at radius 1 is 1.10 bits per heavy atom. The van der Waals surface area contributed by atoms with E-state index >= 15 is 0 Å². The molecule has 0 aromatic heterocycles. The largest absolute Gasteiger partial charge is 0.384 e. The Balaban J connectivity index is 1.18. The van der Waals surface area contributed by atoms with Crippen molar-refractivity contribution in [3.8, 4) is 6.07 Å². The molecule has 2 heterocycles. The van der Waals surface area contributed by atoms with Gasteiger partial charge in [-0.25, -0.2) is 8.42 Å². The number of benzene rings is 1. The molecule has 0 bridgehead atoms. The summed E-state index contributed by atoms with van der Waals surface area (Å²) in [5, 5.41) is 10.7. The topological polar surface area (TPSA) is 73.6 Å². The molecule has 7 heteroatoms. The highest BCUT2D eigenvalue weighted by atomic mass is 32.2. The quantitative estimate of drug-likeness (QED) is 0.297. The molecule has 4 aliphatic rings. The summed E-state index contributed by atoms with van der Waals surface area (Å²) in [4.78, 5) is 5.28. The standard InChI is InChI=1S/C34H47N3O3S/c1-4-31(41(38,39)32-15-16-32)14-13-26(2)37-22-27(23-37)21-36-19-17-30(18-20-36)34(25-35,29-10-6-5-7-11-29)33-12-8-9-28(33)24-40-3/h4-7,10-11,13-14,27-28,30,32-33H,1,8-9,12,15-24H2,2-3H3/b26-13+,31-14+/t28-,33+,34?/m0/s1. The van der Waals surface area contributed by atoms with Gasteiger partial charge in [-0.05, 0) is 94.0 Å². The number of ether oxygens (including phenoxy) is 1. The number of nitriles is 1. The van der Waals surface area contributed by atoms with Gasteiger partial charge in [0.25, 0.3) is 0 Å². The van der Waals surface area contributed by atoms with Crippen molar-refractivity contribution in [2.45, 2.75) is 62.5 Å². The highest BCUT2D eigenvalue weighted by Gasteiger charge is 2.52. The van der Waals surface area contributed by atoms with Crippen LogP contribution in [0.2, 0.25) is 0 Å². The second-order valence-corrected chi connectivity index (χ2v) is 15.0. The third-order valence-corrected chi connectivity index (χ3v) is 12.6. The molecular formula is C34H47N3O3S. The van der Waals surface area contributed by atoms with E-state index in [1.165, 1.54) is 18.1 Å². The molecule has 0 amide bonds. The lowest BCUT2D eigenvalue weighted by Gasteiger charge is -2.48. The van der Waals surface area contributed by atoms with Crippen LogP contribution in [0.25, 0.3) is 0 Å². The van der Waals surface area contributed by atoms with Gasteiger partial charge in [0.15, 0.2) is 9.84 Å².